The SMILES string of the molecule is CSc1nc(Br)cn2cc(C)nc12. The van der Waals surface area contributed by atoms with E-state index in [4.69, 9.17) is 0 Å². The molecule has 0 unspecified atom stereocenters. The number of aromatic nitrogens is 3. The second kappa shape index (κ2) is 3.31. The summed E-state index contributed by atoms with van der Waals surface area (Å²) in [5, 5.41) is 0.947. The van der Waals surface area contributed by atoms with Crippen molar-refractivity contribution in [3.63, 3.8) is 0 Å². The second-order valence-corrected chi connectivity index (χ2v) is 4.29. The molecule has 0 fully saturated rings. The highest BCUT2D eigenvalue weighted by Crippen LogP contribution is 2.21. The molecule has 0 aromatic carbocycles. The zero-order valence-electron chi connectivity index (χ0n) is 7.28. The third-order valence-electron chi connectivity index (χ3n) is 1.69. The Morgan fingerprint density at radius 2 is 2.15 bits per heavy atom. The quantitative estimate of drug-likeness (QED) is 0.736. The molecule has 2 heterocycles. The van der Waals surface area contributed by atoms with Crippen LogP contribution in [0.25, 0.3) is 5.65 Å². The van der Waals surface area contributed by atoms with Crippen LogP contribution in [0.5, 0.6) is 0 Å². The van der Waals surface area contributed by atoms with Crippen LogP contribution in [0.2, 0.25) is 0 Å². The first kappa shape index (κ1) is 9.02. The first-order valence-electron chi connectivity index (χ1n) is 3.76. The summed E-state index contributed by atoms with van der Waals surface area (Å²) in [5.74, 6) is 0. The van der Waals surface area contributed by atoms with Crippen molar-refractivity contribution in [3.8, 4) is 0 Å². The maximum Gasteiger partial charge on any atom is 0.169 e. The minimum absolute atomic E-state index is 0.835. The Morgan fingerprint density at radius 3 is 2.85 bits per heavy atom. The van der Waals surface area contributed by atoms with Gasteiger partial charge in [-0.05, 0) is 29.1 Å². The lowest BCUT2D eigenvalue weighted by atomic mass is 10.6. The van der Waals surface area contributed by atoms with Crippen LogP contribution in [0.3, 0.4) is 0 Å². The van der Waals surface area contributed by atoms with Crippen LogP contribution in [-0.2, 0) is 0 Å². The van der Waals surface area contributed by atoms with Gasteiger partial charge in [-0.1, -0.05) is 0 Å². The van der Waals surface area contributed by atoms with Crippen molar-refractivity contribution in [2.45, 2.75) is 11.9 Å². The highest BCUT2D eigenvalue weighted by molar-refractivity contribution is 9.10. The van der Waals surface area contributed by atoms with E-state index in [1.165, 1.54) is 0 Å². The van der Waals surface area contributed by atoms with E-state index in [1.54, 1.807) is 11.8 Å². The molecule has 3 nitrogen and oxygen atoms in total. The van der Waals surface area contributed by atoms with Gasteiger partial charge in [0.25, 0.3) is 0 Å². The fraction of sp³-hybridized carbons (Fsp3) is 0.250. The van der Waals surface area contributed by atoms with E-state index < -0.39 is 0 Å². The average Bonchev–Trinajstić information content (AvgIpc) is 2.43. The molecule has 0 atom stereocenters. The smallest absolute Gasteiger partial charge is 0.169 e. The standard InChI is InChI=1S/C8H8BrN3S/c1-5-3-12-4-6(9)11-8(13-2)7(12)10-5/h3-4H,1-2H3. The minimum Gasteiger partial charge on any atom is -0.302 e. The van der Waals surface area contributed by atoms with Gasteiger partial charge < -0.3 is 4.40 Å². The normalized spacial score (nSPS) is 11.0. The lowest BCUT2D eigenvalue weighted by molar-refractivity contribution is 1.01. The van der Waals surface area contributed by atoms with Crippen molar-refractivity contribution in [3.05, 3.63) is 22.7 Å². The van der Waals surface area contributed by atoms with Crippen LogP contribution in [0.4, 0.5) is 0 Å². The maximum absolute atomic E-state index is 4.38. The molecule has 68 valence electrons. The van der Waals surface area contributed by atoms with E-state index >= 15 is 0 Å². The van der Waals surface area contributed by atoms with E-state index in [-0.39, 0.29) is 0 Å². The molecule has 2 aromatic heterocycles. The van der Waals surface area contributed by atoms with Crippen LogP contribution >= 0.6 is 27.7 Å². The zero-order valence-corrected chi connectivity index (χ0v) is 9.69. The van der Waals surface area contributed by atoms with E-state index in [2.05, 4.69) is 25.9 Å². The van der Waals surface area contributed by atoms with Crippen molar-refractivity contribution in [2.24, 2.45) is 0 Å². The molecular formula is C8H8BrN3S. The van der Waals surface area contributed by atoms with Gasteiger partial charge in [-0.3, -0.25) is 0 Å². The highest BCUT2D eigenvalue weighted by atomic mass is 79.9. The molecule has 0 aliphatic rings. The summed E-state index contributed by atoms with van der Waals surface area (Å²) >= 11 is 4.96. The average molecular weight is 258 g/mol. The monoisotopic (exact) mass is 257 g/mol. The Kier molecular flexibility index (Phi) is 2.29. The summed E-state index contributed by atoms with van der Waals surface area (Å²) in [4.78, 5) is 8.71. The van der Waals surface area contributed by atoms with Crippen molar-refractivity contribution < 1.29 is 0 Å². The predicted molar refractivity (Wildman–Crippen MR) is 57.2 cm³/mol. The topological polar surface area (TPSA) is 30.2 Å². The van der Waals surface area contributed by atoms with Crippen LogP contribution in [0.1, 0.15) is 5.69 Å². The Balaban J connectivity index is 2.80. The number of aryl methyl sites for hydroxylation is 1. The van der Waals surface area contributed by atoms with Gasteiger partial charge in [0.05, 0.1) is 5.69 Å². The minimum atomic E-state index is 0.835. The van der Waals surface area contributed by atoms with E-state index in [9.17, 15) is 0 Å². The number of fused-ring (bicyclic) bond motifs is 1. The molecule has 0 N–H and O–H groups in total. The third-order valence-corrected chi connectivity index (χ3v) is 2.73. The molecule has 0 spiro atoms. The van der Waals surface area contributed by atoms with Crippen LogP contribution in [-0.4, -0.2) is 20.6 Å². The third kappa shape index (κ3) is 1.58. The Morgan fingerprint density at radius 1 is 1.38 bits per heavy atom. The fourth-order valence-corrected chi connectivity index (χ4v) is 2.24. The van der Waals surface area contributed by atoms with Crippen LogP contribution < -0.4 is 0 Å². The Labute approximate surface area is 88.7 Å². The van der Waals surface area contributed by atoms with E-state index in [0.717, 1.165) is 21.0 Å². The molecule has 2 aromatic rings. The Hall–Kier alpha value is -0.550. The summed E-state index contributed by atoms with van der Waals surface area (Å²) in [6.45, 7) is 1.98. The van der Waals surface area contributed by atoms with Crippen LogP contribution in [0, 0.1) is 6.92 Å². The number of hydrogen-bond acceptors (Lipinski definition) is 3. The molecule has 0 saturated heterocycles. The van der Waals surface area contributed by atoms with Gasteiger partial charge in [-0.25, -0.2) is 9.97 Å². The largest absolute Gasteiger partial charge is 0.302 e. The molecule has 2 rings (SSSR count). The number of thioether (sulfide) groups is 1. The van der Waals surface area contributed by atoms with Gasteiger partial charge in [0.2, 0.25) is 0 Å². The van der Waals surface area contributed by atoms with E-state index in [1.807, 2.05) is 30.0 Å². The molecule has 0 amide bonds. The second-order valence-electron chi connectivity index (χ2n) is 2.69. The number of hydrogen-bond donors (Lipinski definition) is 0. The molecule has 0 aliphatic heterocycles. The van der Waals surface area contributed by atoms with Gasteiger partial charge in [0.15, 0.2) is 5.65 Å². The molecule has 13 heavy (non-hydrogen) atoms. The number of halogens is 1. The van der Waals surface area contributed by atoms with Crippen molar-refractivity contribution in [1.29, 1.82) is 0 Å². The molecule has 5 heteroatoms. The van der Waals surface area contributed by atoms with E-state index in [0.29, 0.717) is 0 Å². The summed E-state index contributed by atoms with van der Waals surface area (Å²) < 4.78 is 2.82. The number of imidazole rings is 1. The van der Waals surface area contributed by atoms with Crippen molar-refractivity contribution in [1.82, 2.24) is 14.4 Å². The van der Waals surface area contributed by atoms with Crippen molar-refractivity contribution >= 4 is 33.3 Å². The summed E-state index contributed by atoms with van der Waals surface area (Å²) in [5.41, 5.74) is 1.93. The fourth-order valence-electron chi connectivity index (χ4n) is 1.20. The number of nitrogens with zero attached hydrogens (tertiary/aromatic N) is 3. The lowest BCUT2D eigenvalue weighted by Crippen LogP contribution is -1.90. The molecule has 0 radical (unpaired) electrons. The van der Waals surface area contributed by atoms with Crippen LogP contribution in [0.15, 0.2) is 22.0 Å². The lowest BCUT2D eigenvalue weighted by Gasteiger charge is -1.99. The predicted octanol–water partition coefficient (Wildman–Crippen LogP) is 2.52. The maximum atomic E-state index is 4.38. The molecule has 0 saturated carbocycles. The van der Waals surface area contributed by atoms with Gasteiger partial charge in [0, 0.05) is 12.4 Å². The van der Waals surface area contributed by atoms with Crippen molar-refractivity contribution in [2.75, 3.05) is 6.26 Å². The van der Waals surface area contributed by atoms with Gasteiger partial charge >= 0.3 is 0 Å². The van der Waals surface area contributed by atoms with Gasteiger partial charge in [-0.2, -0.15) is 0 Å². The number of rotatable bonds is 1. The highest BCUT2D eigenvalue weighted by Gasteiger charge is 2.06. The Bertz CT molecular complexity index is 452. The first-order valence-corrected chi connectivity index (χ1v) is 5.78. The molecule has 0 aliphatic carbocycles. The molecular weight excluding hydrogens is 250 g/mol. The molecule has 0 bridgehead atoms. The summed E-state index contributed by atoms with van der Waals surface area (Å²) in [7, 11) is 0. The van der Waals surface area contributed by atoms with Gasteiger partial charge in [0.1, 0.15) is 9.63 Å². The zero-order chi connectivity index (χ0) is 9.42. The summed E-state index contributed by atoms with van der Waals surface area (Å²) in [6, 6.07) is 0. The van der Waals surface area contributed by atoms with Gasteiger partial charge in [-0.15, -0.1) is 11.8 Å². The first-order chi connectivity index (χ1) is 6.20. The summed E-state index contributed by atoms with van der Waals surface area (Å²) in [6.07, 6.45) is 5.90.